The highest BCUT2D eigenvalue weighted by molar-refractivity contribution is 7.98. The number of rotatable bonds is 41. The molecular formula is C78H153N19O33S. The number of aromatic hydroxyl groups is 2. The van der Waals surface area contributed by atoms with Crippen LogP contribution in [-0.2, 0) is 84.8 Å². The largest absolute Gasteiger partial charge is 0.508 e. The molecule has 0 amide bonds. The molecule has 1 aliphatic rings. The number of carboxylic acids is 15. The molecule has 1 saturated heterocycles. The van der Waals surface area contributed by atoms with Gasteiger partial charge in [-0.3, -0.25) is 77.3 Å². The highest BCUT2D eigenvalue weighted by atomic mass is 32.2. The Kier molecular flexibility index (Phi) is 96.4. The molecule has 53 heteroatoms. The Morgan fingerprint density at radius 2 is 0.695 bits per heavy atom. The fourth-order valence-corrected chi connectivity index (χ4v) is 7.47. The van der Waals surface area contributed by atoms with E-state index in [0.717, 1.165) is 68.4 Å². The van der Waals surface area contributed by atoms with Gasteiger partial charge >= 0.3 is 89.5 Å². The molecule has 3 rings (SSSR count). The maximum absolute atomic E-state index is 10.4. The van der Waals surface area contributed by atoms with Crippen molar-refractivity contribution in [2.75, 3.05) is 38.2 Å². The second kappa shape index (κ2) is 88.3. The van der Waals surface area contributed by atoms with Crippen LogP contribution in [0, 0.1) is 29.1 Å². The van der Waals surface area contributed by atoms with Gasteiger partial charge in [-0.1, -0.05) is 98.9 Å². The predicted octanol–water partition coefficient (Wildman–Crippen LogP) is -3.94. The number of benzene rings is 2. The van der Waals surface area contributed by atoms with Crippen LogP contribution in [-0.4, -0.2) is 316 Å². The average molecular weight is 1920 g/mol. The summed E-state index contributed by atoms with van der Waals surface area (Å²) >= 11 is 1.60. The summed E-state index contributed by atoms with van der Waals surface area (Å²) in [6.45, 7) is 19.7. The van der Waals surface area contributed by atoms with Crippen LogP contribution in [0.1, 0.15) is 164 Å². The fraction of sp³-hybridized carbons (Fsp3) is 0.641. The minimum Gasteiger partial charge on any atom is -0.508 e. The van der Waals surface area contributed by atoms with Gasteiger partial charge in [0.05, 0.1) is 12.5 Å². The molecular weight excluding hydrogens is 1760 g/mol. The summed E-state index contributed by atoms with van der Waals surface area (Å²) in [4.78, 5) is 151. The Morgan fingerprint density at radius 1 is 0.412 bits per heavy atom. The van der Waals surface area contributed by atoms with Gasteiger partial charge in [0.25, 0.3) is 0 Å². The average Bonchev–Trinajstić information content (AvgIpc) is 1.57. The summed E-state index contributed by atoms with van der Waals surface area (Å²) in [7, 11) is 0. The van der Waals surface area contributed by atoms with E-state index in [1.54, 1.807) is 77.6 Å². The molecule has 1 heterocycles. The highest BCUT2D eigenvalue weighted by Crippen LogP contribution is 2.13. The van der Waals surface area contributed by atoms with E-state index in [-0.39, 0.29) is 60.0 Å². The van der Waals surface area contributed by atoms with Crippen LogP contribution in [0.4, 0.5) is 0 Å². The first-order valence-electron chi connectivity index (χ1n) is 40.2. The van der Waals surface area contributed by atoms with Crippen molar-refractivity contribution in [1.82, 2.24) is 10.6 Å². The zero-order valence-electron chi connectivity index (χ0n) is 76.1. The molecule has 53 N–H and O–H groups in total. The molecule has 1 aliphatic heterocycles. The van der Waals surface area contributed by atoms with Crippen LogP contribution in [0.3, 0.4) is 0 Å². The Bertz CT molecular complexity index is 3240. The molecule has 0 radical (unpaired) electrons. The lowest BCUT2D eigenvalue weighted by molar-refractivity contribution is -0.144. The number of hydrogen-bond donors (Lipinski definition) is 37. The van der Waals surface area contributed by atoms with Crippen LogP contribution in [0.25, 0.3) is 0 Å². The number of carbonyl (C=O) groups is 15. The van der Waals surface area contributed by atoms with E-state index in [1.807, 2.05) is 20.1 Å². The lowest BCUT2D eigenvalue weighted by atomic mass is 10.0. The summed E-state index contributed by atoms with van der Waals surface area (Å²) in [5.41, 5.74) is 83.8. The number of unbranched alkanes of at least 4 members (excludes halogenated alkanes) is 2. The number of aliphatic carboxylic acids is 15. The van der Waals surface area contributed by atoms with Crippen molar-refractivity contribution in [1.29, 1.82) is 5.41 Å². The number of nitrogens with two attached hydrogens (primary N) is 16. The first-order chi connectivity index (χ1) is 60.1. The molecule has 0 bridgehead atoms. The Morgan fingerprint density at radius 3 is 0.855 bits per heavy atom. The number of hydrogen-bond acceptors (Lipinski definition) is 36. The third kappa shape index (κ3) is 101. The Balaban J connectivity index is -0.000000132. The van der Waals surface area contributed by atoms with Crippen molar-refractivity contribution >= 4 is 107 Å². The van der Waals surface area contributed by atoms with Crippen molar-refractivity contribution < 1.29 is 164 Å². The number of phenolic OH excluding ortho intramolecular Hbond substituents is 2. The van der Waals surface area contributed by atoms with Gasteiger partial charge in [-0.25, -0.2) is 0 Å². The van der Waals surface area contributed by atoms with Crippen molar-refractivity contribution in [2.45, 2.75) is 256 Å². The summed E-state index contributed by atoms with van der Waals surface area (Å²) in [5.74, 6) is -13.7. The van der Waals surface area contributed by atoms with E-state index in [4.69, 9.17) is 189 Å². The zero-order valence-corrected chi connectivity index (χ0v) is 76.9. The van der Waals surface area contributed by atoms with E-state index < -0.39 is 181 Å². The van der Waals surface area contributed by atoms with E-state index in [1.165, 1.54) is 38.1 Å². The van der Waals surface area contributed by atoms with Gasteiger partial charge in [0.1, 0.15) is 96.1 Å². The smallest absolute Gasteiger partial charge is 0.323 e. The number of carboxylic acid groups (broad SMARTS) is 15. The number of phenols is 2. The Hall–Kier alpha value is -11.0. The molecule has 2 aromatic rings. The third-order valence-corrected chi connectivity index (χ3v) is 16.7. The van der Waals surface area contributed by atoms with Gasteiger partial charge < -0.3 is 194 Å². The summed E-state index contributed by atoms with van der Waals surface area (Å²) < 4.78 is 0. The number of thioether (sulfide) groups is 1. The molecule has 0 unspecified atom stereocenters. The number of nitrogens with one attached hydrogen (secondary N) is 3. The van der Waals surface area contributed by atoms with Crippen LogP contribution >= 0.6 is 11.8 Å². The topological polar surface area (TPSA) is 1080 Å². The molecule has 1 fully saturated rings. The Labute approximate surface area is 765 Å². The number of aliphatic hydroxyl groups is 1. The molecule has 0 spiro atoms. The lowest BCUT2D eigenvalue weighted by Gasteiger charge is -2.11. The fourth-order valence-electron chi connectivity index (χ4n) is 6.98. The van der Waals surface area contributed by atoms with Crippen molar-refractivity contribution in [3.8, 4) is 11.5 Å². The van der Waals surface area contributed by atoms with Gasteiger partial charge in [0.15, 0.2) is 5.96 Å². The highest BCUT2D eigenvalue weighted by Gasteiger charge is 2.23. The first kappa shape index (κ1) is 143. The maximum atomic E-state index is 10.4. The van der Waals surface area contributed by atoms with Crippen LogP contribution in [0.15, 0.2) is 48.5 Å². The molecule has 52 nitrogen and oxygen atoms in total. The van der Waals surface area contributed by atoms with Gasteiger partial charge in [-0.2, -0.15) is 11.8 Å². The van der Waals surface area contributed by atoms with Gasteiger partial charge in [0, 0.05) is 6.54 Å². The van der Waals surface area contributed by atoms with E-state index in [0.29, 0.717) is 51.7 Å². The van der Waals surface area contributed by atoms with Crippen LogP contribution in [0.2, 0.25) is 0 Å². The van der Waals surface area contributed by atoms with Crippen LogP contribution in [0.5, 0.6) is 11.5 Å². The van der Waals surface area contributed by atoms with Crippen molar-refractivity contribution in [3.63, 3.8) is 0 Å². The summed E-state index contributed by atoms with van der Waals surface area (Å²) in [6.07, 6.45) is 9.41. The monoisotopic (exact) mass is 1920 g/mol. The zero-order chi connectivity index (χ0) is 105. The lowest BCUT2D eigenvalue weighted by Crippen LogP contribution is -2.39. The van der Waals surface area contributed by atoms with E-state index in [9.17, 15) is 71.9 Å². The third-order valence-electron chi connectivity index (χ3n) is 16.1. The molecule has 131 heavy (non-hydrogen) atoms. The number of aliphatic hydroxyl groups excluding tert-OH is 1. The van der Waals surface area contributed by atoms with E-state index in [2.05, 4.69) is 10.6 Å². The molecule has 764 valence electrons. The summed E-state index contributed by atoms with van der Waals surface area (Å²) in [5, 5.41) is 162. The predicted molar refractivity (Wildman–Crippen MR) is 487 cm³/mol. The normalized spacial score (nSPS) is 14.4. The van der Waals surface area contributed by atoms with Gasteiger partial charge in [-0.15, -0.1) is 0 Å². The molecule has 2 aromatic carbocycles. The maximum Gasteiger partial charge on any atom is 0.323 e. The second-order valence-electron chi connectivity index (χ2n) is 29.1. The minimum atomic E-state index is -1.29. The molecule has 0 saturated carbocycles. The molecule has 0 aromatic heterocycles. The molecule has 16 atom stereocenters. The van der Waals surface area contributed by atoms with Gasteiger partial charge in [-0.05, 0) is 175 Å². The van der Waals surface area contributed by atoms with Gasteiger partial charge in [0.2, 0.25) is 0 Å². The van der Waals surface area contributed by atoms with E-state index >= 15 is 0 Å². The quantitative estimate of drug-likeness (QED) is 0.0172. The van der Waals surface area contributed by atoms with Crippen molar-refractivity contribution in [2.24, 2.45) is 115 Å². The summed E-state index contributed by atoms with van der Waals surface area (Å²) in [6, 6.07) is 1.63. The molecule has 0 aliphatic carbocycles. The SMILES string of the molecule is CC(C)[C@H](N)C(=O)O.CC(C)[C@H](N)C(=O)O.CC(C)[C@H](N)C(=O)O.CC[C@H](C)[C@H](N)C(=O)O.CSCC[C@H](N)C(=O)O.C[C@@H](O)[C@H](N)C(=O)O.C[C@H](N)C(=O)O.N=C(N)NCCC[C@H](N)C(=O)O.NCCCC[C@H](N)C(=O)O.NCCCC[C@H](N)C(=O)O.N[C@@H](CC(=O)O)C(=O)O.N[C@@H](Cc1ccc(O)cc1)C(=O)O.N[C@@H](Cc1ccc(O)cc1)C(=O)O.O=C(O)[C@@H]1CCCN1. The van der Waals surface area contributed by atoms with Crippen molar-refractivity contribution in [3.05, 3.63) is 59.7 Å². The standard InChI is InChI=1S/2C9H11NO3.C6H14N4O2.2C6H14N2O2.C6H13NO2.C5H11NO2S.C5H9NO2.3C5H11NO2.C4H7NO4.C4H9NO3.C3H7NO2/c2*10-8(9(12)13)5-6-1-3-7(11)4-2-6;7-4(5(11)12)2-1-3-10-6(8)9;2*7-4-2-1-3-5(8)6(9)10;1-3-4(2)5(7)6(8)9;1-9-3-2-4(6)5(7)8;7-5(8)4-2-1-3-6-4;3*1-3(2)4(6)5(7)8;5-2(4(8)9)1-3(6)7;1-2(6)3(5)4(7)8;1-2(4)3(5)6/h2*1-4,8,11H,5,10H2,(H,12,13);4H,1-3,7H2,(H,11,12)(H4,8,9,10);2*5H,1-4,7-8H2,(H,9,10);4-5H,3,7H2,1-2H3,(H,8,9);4H,2-3,6H2,1H3,(H,7,8);4,6H,1-3H2,(H,7,8);3*3-4H,6H2,1-2H3,(H,7,8);2H,1,5H2,(H,6,7)(H,8,9);2-3,6H,5H2,1H3,(H,7,8);2H,4H2,1H3,(H,5,6)/t2*8-;4-;2*5-;4-,5-;5*4-;2-;2-,3+;2-/m00000000000010/s1. The minimum absolute atomic E-state index is 0.0208. The first-order valence-corrected chi connectivity index (χ1v) is 41.6. The van der Waals surface area contributed by atoms with Crippen LogP contribution < -0.4 is 102 Å². The second-order valence-corrected chi connectivity index (χ2v) is 30.1. The number of guanidine groups is 1.